The molecule has 0 fully saturated rings. The zero-order chi connectivity index (χ0) is 11.4. The first kappa shape index (κ1) is 10.8. The van der Waals surface area contributed by atoms with E-state index in [1.165, 1.54) is 6.07 Å². The number of hydrogen-bond acceptors (Lipinski definition) is 3. The number of benzene rings is 1. The highest BCUT2D eigenvalue weighted by Gasteiger charge is 2.02. The van der Waals surface area contributed by atoms with Gasteiger partial charge in [0.25, 0.3) is 0 Å². The Morgan fingerprint density at radius 2 is 2.19 bits per heavy atom. The summed E-state index contributed by atoms with van der Waals surface area (Å²) in [7, 11) is 0. The molecule has 0 atom stereocenters. The molecule has 82 valence electrons. The summed E-state index contributed by atoms with van der Waals surface area (Å²) in [5, 5.41) is 3.30. The van der Waals surface area contributed by atoms with Crippen LogP contribution in [0.25, 0.3) is 0 Å². The first-order valence-corrected chi connectivity index (χ1v) is 5.07. The van der Waals surface area contributed by atoms with Crippen LogP contribution in [0.2, 0.25) is 5.02 Å². The minimum Gasteiger partial charge on any atom is -0.377 e. The molecule has 0 aliphatic heterocycles. The van der Waals surface area contributed by atoms with Crippen molar-refractivity contribution in [3.8, 4) is 0 Å². The van der Waals surface area contributed by atoms with Crippen LogP contribution in [0.15, 0.2) is 36.8 Å². The highest BCUT2D eigenvalue weighted by atomic mass is 35.5. The zero-order valence-corrected chi connectivity index (χ0v) is 9.08. The largest absolute Gasteiger partial charge is 0.377 e. The van der Waals surface area contributed by atoms with Crippen LogP contribution in [0.1, 0.15) is 5.69 Å². The van der Waals surface area contributed by atoms with E-state index in [-0.39, 0.29) is 5.82 Å². The number of anilines is 1. The van der Waals surface area contributed by atoms with Gasteiger partial charge in [0.15, 0.2) is 0 Å². The lowest BCUT2D eigenvalue weighted by Gasteiger charge is -2.06. The van der Waals surface area contributed by atoms with Crippen molar-refractivity contribution in [1.82, 2.24) is 9.97 Å². The molecule has 1 aromatic heterocycles. The van der Waals surface area contributed by atoms with E-state index in [1.807, 2.05) is 0 Å². The van der Waals surface area contributed by atoms with Gasteiger partial charge in [-0.2, -0.15) is 0 Å². The minimum atomic E-state index is -0.378. The normalized spacial score (nSPS) is 10.1. The molecule has 0 saturated carbocycles. The van der Waals surface area contributed by atoms with E-state index in [0.717, 1.165) is 5.69 Å². The van der Waals surface area contributed by atoms with Crippen LogP contribution in [0, 0.1) is 5.82 Å². The summed E-state index contributed by atoms with van der Waals surface area (Å²) in [5.74, 6) is -0.378. The number of rotatable bonds is 3. The van der Waals surface area contributed by atoms with E-state index in [1.54, 1.807) is 30.7 Å². The number of aromatic nitrogens is 2. The Labute approximate surface area is 97.3 Å². The van der Waals surface area contributed by atoms with Crippen molar-refractivity contribution in [1.29, 1.82) is 0 Å². The first-order valence-electron chi connectivity index (χ1n) is 4.69. The zero-order valence-electron chi connectivity index (χ0n) is 8.32. The minimum absolute atomic E-state index is 0.377. The Hall–Kier alpha value is -1.68. The van der Waals surface area contributed by atoms with E-state index in [2.05, 4.69) is 15.3 Å². The molecule has 0 radical (unpaired) electrons. The van der Waals surface area contributed by atoms with Gasteiger partial charge in [0.05, 0.1) is 24.1 Å². The highest BCUT2D eigenvalue weighted by Crippen LogP contribution is 2.19. The average Bonchev–Trinajstić information content (AvgIpc) is 2.29. The summed E-state index contributed by atoms with van der Waals surface area (Å²) in [6.07, 6.45) is 4.81. The molecule has 0 unspecified atom stereocenters. The summed E-state index contributed by atoms with van der Waals surface area (Å²) in [6, 6.07) is 4.48. The van der Waals surface area contributed by atoms with Crippen molar-refractivity contribution in [3.05, 3.63) is 53.3 Å². The Morgan fingerprint density at radius 3 is 2.88 bits per heavy atom. The van der Waals surface area contributed by atoms with Gasteiger partial charge in [-0.15, -0.1) is 0 Å². The van der Waals surface area contributed by atoms with Crippen molar-refractivity contribution in [2.75, 3.05) is 5.32 Å². The summed E-state index contributed by atoms with van der Waals surface area (Å²) in [4.78, 5) is 7.98. The Bertz CT molecular complexity index is 476. The molecule has 2 aromatic rings. The lowest BCUT2D eigenvalue weighted by molar-refractivity contribution is 0.630. The average molecular weight is 238 g/mol. The smallest absolute Gasteiger partial charge is 0.147 e. The van der Waals surface area contributed by atoms with Crippen LogP contribution in [0.4, 0.5) is 10.1 Å². The van der Waals surface area contributed by atoms with Gasteiger partial charge >= 0.3 is 0 Å². The maximum atomic E-state index is 13.4. The number of halogens is 2. The fraction of sp³-hybridized carbons (Fsp3) is 0.0909. The van der Waals surface area contributed by atoms with Gasteiger partial charge in [0, 0.05) is 17.4 Å². The van der Waals surface area contributed by atoms with E-state index in [0.29, 0.717) is 17.3 Å². The molecule has 0 spiro atoms. The van der Waals surface area contributed by atoms with E-state index in [4.69, 9.17) is 11.6 Å². The lowest BCUT2D eigenvalue weighted by Crippen LogP contribution is -2.03. The second kappa shape index (κ2) is 4.90. The Balaban J connectivity index is 2.05. The predicted molar refractivity (Wildman–Crippen MR) is 60.8 cm³/mol. The lowest BCUT2D eigenvalue weighted by atomic mass is 10.3. The molecule has 16 heavy (non-hydrogen) atoms. The van der Waals surface area contributed by atoms with E-state index < -0.39 is 0 Å². The fourth-order valence-corrected chi connectivity index (χ4v) is 1.40. The molecule has 1 heterocycles. The van der Waals surface area contributed by atoms with Crippen molar-refractivity contribution >= 4 is 17.3 Å². The van der Waals surface area contributed by atoms with Crippen LogP contribution in [-0.2, 0) is 6.54 Å². The Morgan fingerprint density at radius 1 is 1.31 bits per heavy atom. The molecule has 0 saturated heterocycles. The summed E-state index contributed by atoms with van der Waals surface area (Å²) in [5.41, 5.74) is 1.15. The van der Waals surface area contributed by atoms with Gasteiger partial charge in [-0.25, -0.2) is 4.39 Å². The van der Waals surface area contributed by atoms with Gasteiger partial charge in [0.2, 0.25) is 0 Å². The third kappa shape index (κ3) is 2.67. The second-order valence-electron chi connectivity index (χ2n) is 3.17. The molecule has 0 amide bonds. The molecular formula is C11H9ClFN3. The van der Waals surface area contributed by atoms with Crippen LogP contribution in [0.5, 0.6) is 0 Å². The maximum Gasteiger partial charge on any atom is 0.147 e. The van der Waals surface area contributed by atoms with Gasteiger partial charge in [0.1, 0.15) is 5.82 Å². The second-order valence-corrected chi connectivity index (χ2v) is 3.61. The van der Waals surface area contributed by atoms with E-state index >= 15 is 0 Å². The molecular weight excluding hydrogens is 229 g/mol. The standard InChI is InChI=1S/C11H9ClFN3/c12-8-1-2-11(10(13)5-8)16-7-9-6-14-3-4-15-9/h1-6,16H,7H2. The van der Waals surface area contributed by atoms with Crippen LogP contribution in [0.3, 0.4) is 0 Å². The van der Waals surface area contributed by atoms with Gasteiger partial charge in [-0.3, -0.25) is 9.97 Å². The molecule has 0 bridgehead atoms. The molecule has 3 nitrogen and oxygen atoms in total. The SMILES string of the molecule is Fc1cc(Cl)ccc1NCc1cnccn1. The van der Waals surface area contributed by atoms with Crippen molar-refractivity contribution in [3.63, 3.8) is 0 Å². The van der Waals surface area contributed by atoms with Crippen molar-refractivity contribution in [2.45, 2.75) is 6.54 Å². The van der Waals surface area contributed by atoms with Crippen LogP contribution >= 0.6 is 11.6 Å². The molecule has 0 aliphatic carbocycles. The Kier molecular flexibility index (Phi) is 3.31. The number of hydrogen-bond donors (Lipinski definition) is 1. The summed E-state index contributed by atoms with van der Waals surface area (Å²) in [6.45, 7) is 0.423. The quantitative estimate of drug-likeness (QED) is 0.892. The van der Waals surface area contributed by atoms with Gasteiger partial charge < -0.3 is 5.32 Å². The molecule has 5 heteroatoms. The maximum absolute atomic E-state index is 13.4. The summed E-state index contributed by atoms with van der Waals surface area (Å²) >= 11 is 5.64. The van der Waals surface area contributed by atoms with E-state index in [9.17, 15) is 4.39 Å². The van der Waals surface area contributed by atoms with Crippen molar-refractivity contribution in [2.24, 2.45) is 0 Å². The monoisotopic (exact) mass is 237 g/mol. The van der Waals surface area contributed by atoms with Gasteiger partial charge in [-0.1, -0.05) is 11.6 Å². The number of nitrogens with zero attached hydrogens (tertiary/aromatic N) is 2. The predicted octanol–water partition coefficient (Wildman–Crippen LogP) is 2.88. The molecule has 1 aromatic carbocycles. The van der Waals surface area contributed by atoms with Gasteiger partial charge in [-0.05, 0) is 18.2 Å². The summed E-state index contributed by atoms with van der Waals surface area (Å²) < 4.78 is 13.4. The molecule has 2 rings (SSSR count). The fourth-order valence-electron chi connectivity index (χ4n) is 1.24. The van der Waals surface area contributed by atoms with Crippen molar-refractivity contribution < 1.29 is 4.39 Å². The van der Waals surface area contributed by atoms with Crippen LogP contribution in [-0.4, -0.2) is 9.97 Å². The molecule has 0 aliphatic rings. The topological polar surface area (TPSA) is 37.8 Å². The van der Waals surface area contributed by atoms with Crippen LogP contribution < -0.4 is 5.32 Å². The molecule has 1 N–H and O–H groups in total. The number of nitrogens with one attached hydrogen (secondary N) is 1. The third-order valence-corrected chi connectivity index (χ3v) is 2.24. The third-order valence-electron chi connectivity index (χ3n) is 2.01. The highest BCUT2D eigenvalue weighted by molar-refractivity contribution is 6.30. The first-order chi connectivity index (χ1) is 7.75.